The van der Waals surface area contributed by atoms with E-state index in [2.05, 4.69) is 16.0 Å². The molecule has 2 unspecified atom stereocenters. The Hall–Kier alpha value is -2.12. The van der Waals surface area contributed by atoms with Crippen molar-refractivity contribution in [2.24, 2.45) is 5.92 Å². The minimum Gasteiger partial charge on any atom is -0.355 e. The van der Waals surface area contributed by atoms with Crippen LogP contribution < -0.4 is 16.0 Å². The molecule has 3 saturated heterocycles. The summed E-state index contributed by atoms with van der Waals surface area (Å²) in [4.78, 5) is 47.8. The largest absolute Gasteiger partial charge is 0.355 e. The van der Waals surface area contributed by atoms with Gasteiger partial charge in [0.05, 0.1) is 12.5 Å². The number of likely N-dealkylation sites (tertiary alicyclic amines) is 1. The highest BCUT2D eigenvalue weighted by molar-refractivity contribution is 6.07. The van der Waals surface area contributed by atoms with Crippen molar-refractivity contribution in [3.05, 3.63) is 0 Å². The van der Waals surface area contributed by atoms with Gasteiger partial charge in [-0.05, 0) is 6.42 Å². The number of nitrogens with one attached hydrogen (secondary N) is 3. The molecule has 0 radical (unpaired) electrons. The summed E-state index contributed by atoms with van der Waals surface area (Å²) in [5.41, 5.74) is -0.983. The number of hydrogen-bond acceptors (Lipinski definition) is 4. The third-order valence-corrected chi connectivity index (χ3v) is 3.92. The van der Waals surface area contributed by atoms with Crippen molar-refractivity contribution in [3.63, 3.8) is 0 Å². The van der Waals surface area contributed by atoms with Crippen LogP contribution in [0.1, 0.15) is 12.8 Å². The SMILES string of the molecule is O=C1CC(C(=O)N2CCC3(C2)NC(=O)NC3=O)CN1. The fraction of sp³-hybridized carbons (Fsp3) is 0.636. The van der Waals surface area contributed by atoms with Crippen molar-refractivity contribution in [3.8, 4) is 0 Å². The Morgan fingerprint density at radius 3 is 2.68 bits per heavy atom. The summed E-state index contributed by atoms with van der Waals surface area (Å²) in [7, 11) is 0. The first kappa shape index (κ1) is 11.9. The Morgan fingerprint density at radius 1 is 1.32 bits per heavy atom. The Morgan fingerprint density at radius 2 is 2.11 bits per heavy atom. The Labute approximate surface area is 108 Å². The zero-order valence-electron chi connectivity index (χ0n) is 10.2. The van der Waals surface area contributed by atoms with Gasteiger partial charge >= 0.3 is 6.03 Å². The fourth-order valence-corrected chi connectivity index (χ4v) is 2.85. The lowest BCUT2D eigenvalue weighted by Gasteiger charge is -2.22. The topological polar surface area (TPSA) is 108 Å². The van der Waals surface area contributed by atoms with Crippen molar-refractivity contribution in [1.29, 1.82) is 0 Å². The molecule has 19 heavy (non-hydrogen) atoms. The van der Waals surface area contributed by atoms with Crippen LogP contribution in [0, 0.1) is 5.92 Å². The van der Waals surface area contributed by atoms with E-state index in [0.717, 1.165) is 0 Å². The summed E-state index contributed by atoms with van der Waals surface area (Å²) in [6.45, 7) is 0.936. The third kappa shape index (κ3) is 1.83. The van der Waals surface area contributed by atoms with Gasteiger partial charge in [-0.25, -0.2) is 4.79 Å². The Balaban J connectivity index is 1.69. The molecule has 3 heterocycles. The molecule has 0 aliphatic carbocycles. The molecule has 0 aromatic carbocycles. The van der Waals surface area contributed by atoms with Crippen LogP contribution in [0.5, 0.6) is 0 Å². The first-order chi connectivity index (χ1) is 9.00. The Bertz CT molecular complexity index is 491. The number of nitrogens with zero attached hydrogens (tertiary/aromatic N) is 1. The number of urea groups is 1. The summed E-state index contributed by atoms with van der Waals surface area (Å²) in [6.07, 6.45) is 0.602. The number of carbonyl (C=O) groups excluding carboxylic acids is 4. The zero-order chi connectivity index (χ0) is 13.6. The monoisotopic (exact) mass is 266 g/mol. The smallest absolute Gasteiger partial charge is 0.322 e. The van der Waals surface area contributed by atoms with Gasteiger partial charge in [0.2, 0.25) is 11.8 Å². The van der Waals surface area contributed by atoms with Gasteiger partial charge in [-0.3, -0.25) is 19.7 Å². The predicted molar refractivity (Wildman–Crippen MR) is 61.7 cm³/mol. The second-order valence-electron chi connectivity index (χ2n) is 5.21. The molecule has 3 rings (SSSR count). The van der Waals surface area contributed by atoms with Gasteiger partial charge < -0.3 is 15.5 Å². The van der Waals surface area contributed by atoms with Gasteiger partial charge in [-0.1, -0.05) is 0 Å². The summed E-state index contributed by atoms with van der Waals surface area (Å²) in [5, 5.41) is 7.39. The van der Waals surface area contributed by atoms with Crippen LogP contribution in [0.4, 0.5) is 4.79 Å². The number of rotatable bonds is 1. The van der Waals surface area contributed by atoms with E-state index in [1.165, 1.54) is 0 Å². The van der Waals surface area contributed by atoms with Crippen LogP contribution in [-0.2, 0) is 14.4 Å². The van der Waals surface area contributed by atoms with Gasteiger partial charge in [0.1, 0.15) is 5.54 Å². The van der Waals surface area contributed by atoms with Crippen molar-refractivity contribution >= 4 is 23.8 Å². The van der Waals surface area contributed by atoms with Crippen molar-refractivity contribution in [2.75, 3.05) is 19.6 Å². The van der Waals surface area contributed by atoms with Crippen LogP contribution in [0.2, 0.25) is 0 Å². The number of imide groups is 1. The van der Waals surface area contributed by atoms with E-state index in [4.69, 9.17) is 0 Å². The lowest BCUT2D eigenvalue weighted by Crippen LogP contribution is -2.50. The molecule has 0 aromatic rings. The van der Waals surface area contributed by atoms with E-state index >= 15 is 0 Å². The first-order valence-corrected chi connectivity index (χ1v) is 6.19. The van der Waals surface area contributed by atoms with Crippen molar-refractivity contribution in [1.82, 2.24) is 20.9 Å². The summed E-state index contributed by atoms with van der Waals surface area (Å²) in [5.74, 6) is -1.00. The van der Waals surface area contributed by atoms with E-state index in [0.29, 0.717) is 19.5 Å². The first-order valence-electron chi connectivity index (χ1n) is 6.19. The van der Waals surface area contributed by atoms with Crippen LogP contribution in [-0.4, -0.2) is 53.8 Å². The average molecular weight is 266 g/mol. The summed E-state index contributed by atoms with van der Waals surface area (Å²) < 4.78 is 0. The molecule has 0 aromatic heterocycles. The van der Waals surface area contributed by atoms with Crippen LogP contribution in [0.15, 0.2) is 0 Å². The van der Waals surface area contributed by atoms with E-state index < -0.39 is 11.6 Å². The zero-order valence-corrected chi connectivity index (χ0v) is 10.2. The summed E-state index contributed by atoms with van der Waals surface area (Å²) >= 11 is 0. The quantitative estimate of drug-likeness (QED) is 0.474. The average Bonchev–Trinajstić information content (AvgIpc) is 3.01. The van der Waals surface area contributed by atoms with Gasteiger partial charge in [0.25, 0.3) is 5.91 Å². The molecule has 3 aliphatic heterocycles. The minimum atomic E-state index is -0.983. The van der Waals surface area contributed by atoms with Gasteiger partial charge in [0.15, 0.2) is 0 Å². The second kappa shape index (κ2) is 3.94. The van der Waals surface area contributed by atoms with E-state index in [-0.39, 0.29) is 36.6 Å². The maximum absolute atomic E-state index is 12.2. The van der Waals surface area contributed by atoms with Gasteiger partial charge in [0, 0.05) is 19.5 Å². The molecule has 102 valence electrons. The van der Waals surface area contributed by atoms with Crippen LogP contribution in [0.3, 0.4) is 0 Å². The molecule has 2 atom stereocenters. The molecular formula is C11H14N4O4. The molecule has 5 amide bonds. The predicted octanol–water partition coefficient (Wildman–Crippen LogP) is -2.07. The molecular weight excluding hydrogens is 252 g/mol. The molecule has 0 saturated carbocycles. The highest BCUT2D eigenvalue weighted by Crippen LogP contribution is 2.26. The number of carbonyl (C=O) groups is 4. The molecule has 0 bridgehead atoms. The normalized spacial score (nSPS) is 33.6. The lowest BCUT2D eigenvalue weighted by molar-refractivity contribution is -0.135. The number of amides is 5. The molecule has 3 aliphatic rings. The highest BCUT2D eigenvalue weighted by Gasteiger charge is 2.52. The second-order valence-corrected chi connectivity index (χ2v) is 5.21. The molecule has 8 heteroatoms. The standard InChI is InChI=1S/C11H14N4O4/c16-7-3-6(4-12-7)8(17)15-2-1-11(5-15)9(18)13-10(19)14-11/h6H,1-5H2,(H,12,16)(H2,13,14,18,19). The van der Waals surface area contributed by atoms with Crippen LogP contribution in [0.25, 0.3) is 0 Å². The van der Waals surface area contributed by atoms with Crippen molar-refractivity contribution in [2.45, 2.75) is 18.4 Å². The highest BCUT2D eigenvalue weighted by atomic mass is 16.2. The van der Waals surface area contributed by atoms with Gasteiger partial charge in [-0.15, -0.1) is 0 Å². The summed E-state index contributed by atoms with van der Waals surface area (Å²) in [6, 6.07) is -0.517. The van der Waals surface area contributed by atoms with E-state index in [9.17, 15) is 19.2 Å². The third-order valence-electron chi connectivity index (χ3n) is 3.92. The van der Waals surface area contributed by atoms with Crippen LogP contribution >= 0.6 is 0 Å². The molecule has 8 nitrogen and oxygen atoms in total. The van der Waals surface area contributed by atoms with Gasteiger partial charge in [-0.2, -0.15) is 0 Å². The molecule has 1 spiro atoms. The van der Waals surface area contributed by atoms with Crippen molar-refractivity contribution < 1.29 is 19.2 Å². The molecule has 3 N–H and O–H groups in total. The maximum atomic E-state index is 12.2. The maximum Gasteiger partial charge on any atom is 0.322 e. The lowest BCUT2D eigenvalue weighted by atomic mass is 9.99. The fourth-order valence-electron chi connectivity index (χ4n) is 2.85. The van der Waals surface area contributed by atoms with E-state index in [1.807, 2.05) is 0 Å². The Kier molecular flexibility index (Phi) is 2.48. The number of hydrogen-bond donors (Lipinski definition) is 3. The molecule has 3 fully saturated rings. The van der Waals surface area contributed by atoms with E-state index in [1.54, 1.807) is 4.90 Å². The minimum absolute atomic E-state index is 0.126.